The lowest BCUT2D eigenvalue weighted by atomic mass is 10.1. The van der Waals surface area contributed by atoms with Crippen molar-refractivity contribution in [1.29, 1.82) is 0 Å². The summed E-state index contributed by atoms with van der Waals surface area (Å²) in [6, 6.07) is 11.9. The first-order chi connectivity index (χ1) is 13.0. The molecule has 144 valence electrons. The molecule has 1 aromatic heterocycles. The SMILES string of the molecule is Cc1ccc(C(=O)NCC(=O)N(C)Cc2ccc(N3CCOCC3)cc2)s1. The first kappa shape index (κ1) is 19.4. The van der Waals surface area contributed by atoms with E-state index >= 15 is 0 Å². The van der Waals surface area contributed by atoms with Crippen LogP contribution in [0, 0.1) is 6.92 Å². The van der Waals surface area contributed by atoms with Crippen molar-refractivity contribution in [2.24, 2.45) is 0 Å². The van der Waals surface area contributed by atoms with Gasteiger partial charge in [0, 0.05) is 37.2 Å². The number of likely N-dealkylation sites (N-methyl/N-ethyl adjacent to an activating group) is 1. The number of nitrogens with one attached hydrogen (secondary N) is 1. The Bertz CT molecular complexity index is 782. The van der Waals surface area contributed by atoms with Crippen molar-refractivity contribution >= 4 is 28.8 Å². The second kappa shape index (κ2) is 9.01. The van der Waals surface area contributed by atoms with Gasteiger partial charge in [-0.05, 0) is 36.8 Å². The second-order valence-electron chi connectivity index (χ2n) is 6.61. The first-order valence-corrected chi connectivity index (χ1v) is 9.85. The molecular weight excluding hydrogens is 362 g/mol. The molecule has 6 nitrogen and oxygen atoms in total. The van der Waals surface area contributed by atoms with Crippen molar-refractivity contribution < 1.29 is 14.3 Å². The van der Waals surface area contributed by atoms with Crippen molar-refractivity contribution in [2.45, 2.75) is 13.5 Å². The normalized spacial score (nSPS) is 14.1. The molecule has 1 aliphatic rings. The number of hydrogen-bond donors (Lipinski definition) is 1. The number of rotatable bonds is 6. The van der Waals surface area contributed by atoms with E-state index in [1.165, 1.54) is 17.0 Å². The fraction of sp³-hybridized carbons (Fsp3) is 0.400. The fourth-order valence-electron chi connectivity index (χ4n) is 2.93. The largest absolute Gasteiger partial charge is 0.378 e. The summed E-state index contributed by atoms with van der Waals surface area (Å²) in [6.45, 7) is 5.78. The quantitative estimate of drug-likeness (QED) is 0.826. The van der Waals surface area contributed by atoms with Gasteiger partial charge in [-0.15, -0.1) is 11.3 Å². The van der Waals surface area contributed by atoms with Gasteiger partial charge in [-0.1, -0.05) is 12.1 Å². The molecule has 0 aliphatic carbocycles. The van der Waals surface area contributed by atoms with Crippen molar-refractivity contribution in [2.75, 3.05) is 44.8 Å². The number of ether oxygens (including phenoxy) is 1. The number of hydrogen-bond acceptors (Lipinski definition) is 5. The molecule has 7 heteroatoms. The van der Waals surface area contributed by atoms with Crippen LogP contribution in [0.25, 0.3) is 0 Å². The van der Waals surface area contributed by atoms with E-state index in [4.69, 9.17) is 4.74 Å². The number of amides is 2. The van der Waals surface area contributed by atoms with E-state index in [2.05, 4.69) is 22.3 Å². The molecule has 1 fully saturated rings. The third-order valence-electron chi connectivity index (χ3n) is 4.52. The molecule has 2 heterocycles. The number of carbonyl (C=O) groups excluding carboxylic acids is 2. The Hall–Kier alpha value is -2.38. The maximum absolute atomic E-state index is 12.3. The van der Waals surface area contributed by atoms with Crippen LogP contribution in [0.4, 0.5) is 5.69 Å². The molecule has 0 spiro atoms. The number of thiophene rings is 1. The molecule has 0 radical (unpaired) electrons. The van der Waals surface area contributed by atoms with Gasteiger partial charge in [0.05, 0.1) is 24.6 Å². The number of benzene rings is 1. The highest BCUT2D eigenvalue weighted by molar-refractivity contribution is 7.13. The smallest absolute Gasteiger partial charge is 0.261 e. The van der Waals surface area contributed by atoms with Crippen molar-refractivity contribution in [3.8, 4) is 0 Å². The second-order valence-corrected chi connectivity index (χ2v) is 7.90. The molecule has 1 N–H and O–H groups in total. The Morgan fingerprint density at radius 2 is 1.85 bits per heavy atom. The van der Waals surface area contributed by atoms with E-state index in [1.807, 2.05) is 25.1 Å². The van der Waals surface area contributed by atoms with E-state index in [9.17, 15) is 9.59 Å². The van der Waals surface area contributed by atoms with Gasteiger partial charge in [-0.3, -0.25) is 9.59 Å². The maximum atomic E-state index is 12.3. The van der Waals surface area contributed by atoms with Crippen LogP contribution in [0.2, 0.25) is 0 Å². The van der Waals surface area contributed by atoms with Crippen molar-refractivity contribution in [1.82, 2.24) is 10.2 Å². The van der Waals surface area contributed by atoms with Gasteiger partial charge in [0.25, 0.3) is 5.91 Å². The Morgan fingerprint density at radius 1 is 1.15 bits per heavy atom. The molecule has 0 atom stereocenters. The van der Waals surface area contributed by atoms with Crippen LogP contribution in [0.15, 0.2) is 36.4 Å². The molecule has 1 aliphatic heterocycles. The third kappa shape index (κ3) is 5.30. The molecule has 3 rings (SSSR count). The van der Waals surface area contributed by atoms with Crippen LogP contribution in [-0.2, 0) is 16.1 Å². The molecule has 0 bridgehead atoms. The highest BCUT2D eigenvalue weighted by atomic mass is 32.1. The lowest BCUT2D eigenvalue weighted by Gasteiger charge is -2.29. The number of nitrogens with zero attached hydrogens (tertiary/aromatic N) is 2. The molecule has 0 unspecified atom stereocenters. The van der Waals surface area contributed by atoms with E-state index in [1.54, 1.807) is 18.0 Å². The zero-order chi connectivity index (χ0) is 19.2. The summed E-state index contributed by atoms with van der Waals surface area (Å²) in [5.41, 5.74) is 2.23. The van der Waals surface area contributed by atoms with Crippen LogP contribution in [-0.4, -0.2) is 56.6 Å². The van der Waals surface area contributed by atoms with E-state index < -0.39 is 0 Å². The van der Waals surface area contributed by atoms with Gasteiger partial charge in [0.1, 0.15) is 0 Å². The Balaban J connectivity index is 1.48. The number of anilines is 1. The number of aryl methyl sites for hydroxylation is 1. The van der Waals surface area contributed by atoms with Crippen molar-refractivity contribution in [3.63, 3.8) is 0 Å². The summed E-state index contributed by atoms with van der Waals surface area (Å²) < 4.78 is 5.38. The monoisotopic (exact) mass is 387 g/mol. The summed E-state index contributed by atoms with van der Waals surface area (Å²) in [4.78, 5) is 30.0. The van der Waals surface area contributed by atoms with Gasteiger partial charge >= 0.3 is 0 Å². The average molecular weight is 388 g/mol. The molecular formula is C20H25N3O3S. The lowest BCUT2D eigenvalue weighted by molar-refractivity contribution is -0.129. The van der Waals surface area contributed by atoms with Gasteiger partial charge in [0.15, 0.2) is 0 Å². The topological polar surface area (TPSA) is 61.9 Å². The predicted octanol–water partition coefficient (Wildman–Crippen LogP) is 2.28. The Labute approximate surface area is 163 Å². The molecule has 0 saturated carbocycles. The zero-order valence-electron chi connectivity index (χ0n) is 15.7. The third-order valence-corrected chi connectivity index (χ3v) is 5.52. The van der Waals surface area contributed by atoms with Crippen LogP contribution < -0.4 is 10.2 Å². The molecule has 2 aromatic rings. The van der Waals surface area contributed by atoms with Gasteiger partial charge in [0.2, 0.25) is 5.91 Å². The summed E-state index contributed by atoms with van der Waals surface area (Å²) in [5, 5.41) is 2.69. The van der Waals surface area contributed by atoms with E-state index in [0.29, 0.717) is 11.4 Å². The van der Waals surface area contributed by atoms with E-state index in [0.717, 1.165) is 36.7 Å². The van der Waals surface area contributed by atoms with Gasteiger partial charge < -0.3 is 19.9 Å². The average Bonchev–Trinajstić information content (AvgIpc) is 3.13. The Kier molecular flexibility index (Phi) is 6.47. The minimum absolute atomic E-state index is 0.00184. The highest BCUT2D eigenvalue weighted by Gasteiger charge is 2.14. The van der Waals surface area contributed by atoms with Gasteiger partial charge in [-0.2, -0.15) is 0 Å². The number of morpholine rings is 1. The predicted molar refractivity (Wildman–Crippen MR) is 107 cm³/mol. The highest BCUT2D eigenvalue weighted by Crippen LogP contribution is 2.17. The zero-order valence-corrected chi connectivity index (χ0v) is 16.6. The summed E-state index contributed by atoms with van der Waals surface area (Å²) in [6.07, 6.45) is 0. The van der Waals surface area contributed by atoms with E-state index in [-0.39, 0.29) is 18.4 Å². The van der Waals surface area contributed by atoms with Gasteiger partial charge in [-0.25, -0.2) is 0 Å². The summed E-state index contributed by atoms with van der Waals surface area (Å²) in [5.74, 6) is -0.321. The van der Waals surface area contributed by atoms with Crippen LogP contribution in [0.5, 0.6) is 0 Å². The molecule has 1 saturated heterocycles. The van der Waals surface area contributed by atoms with Crippen LogP contribution in [0.3, 0.4) is 0 Å². The summed E-state index contributed by atoms with van der Waals surface area (Å²) >= 11 is 1.42. The minimum Gasteiger partial charge on any atom is -0.378 e. The fourth-order valence-corrected chi connectivity index (χ4v) is 3.71. The van der Waals surface area contributed by atoms with Crippen LogP contribution in [0.1, 0.15) is 20.1 Å². The Morgan fingerprint density at radius 3 is 2.48 bits per heavy atom. The number of carbonyl (C=O) groups is 2. The minimum atomic E-state index is -0.204. The molecule has 27 heavy (non-hydrogen) atoms. The molecule has 1 aromatic carbocycles. The summed E-state index contributed by atoms with van der Waals surface area (Å²) in [7, 11) is 1.75. The lowest BCUT2D eigenvalue weighted by Crippen LogP contribution is -2.37. The molecule has 2 amide bonds. The first-order valence-electron chi connectivity index (χ1n) is 9.03. The van der Waals surface area contributed by atoms with Crippen LogP contribution >= 0.6 is 11.3 Å². The van der Waals surface area contributed by atoms with Crippen molar-refractivity contribution in [3.05, 3.63) is 51.7 Å². The standard InChI is InChI=1S/C20H25N3O3S/c1-15-3-8-18(27-15)20(25)21-13-19(24)22(2)14-16-4-6-17(7-5-16)23-9-11-26-12-10-23/h3-8H,9-14H2,1-2H3,(H,21,25). The maximum Gasteiger partial charge on any atom is 0.261 e.